The molecule has 1 aromatic rings. The third-order valence-corrected chi connectivity index (χ3v) is 2.65. The second-order valence-corrected chi connectivity index (χ2v) is 4.34. The number of nitrogens with two attached hydrogens (primary N) is 1. The summed E-state index contributed by atoms with van der Waals surface area (Å²) in [7, 11) is 0. The predicted molar refractivity (Wildman–Crippen MR) is 63.1 cm³/mol. The fourth-order valence-corrected chi connectivity index (χ4v) is 1.68. The fourth-order valence-electron chi connectivity index (χ4n) is 1.44. The summed E-state index contributed by atoms with van der Waals surface area (Å²) in [6, 6.07) is 3.24. The number of benzene rings is 1. The molecule has 1 rings (SSSR count). The van der Waals surface area contributed by atoms with Crippen LogP contribution in [0.3, 0.4) is 0 Å². The van der Waals surface area contributed by atoms with Crippen molar-refractivity contribution >= 4 is 11.6 Å². The number of hydrazine groups is 1. The quantitative estimate of drug-likeness (QED) is 0.482. The van der Waals surface area contributed by atoms with E-state index < -0.39 is 24.6 Å². The van der Waals surface area contributed by atoms with Crippen LogP contribution < -0.4 is 11.3 Å². The van der Waals surface area contributed by atoms with Crippen molar-refractivity contribution in [2.75, 3.05) is 13.2 Å². The Bertz CT molecular complexity index is 414. The molecule has 0 aliphatic rings. The zero-order valence-corrected chi connectivity index (χ0v) is 10.6. The molecule has 0 amide bonds. The Hall–Kier alpha value is -0.890. The average molecular weight is 301 g/mol. The maximum atomic E-state index is 12.8. The highest BCUT2D eigenvalue weighted by molar-refractivity contribution is 6.31. The third-order valence-electron chi connectivity index (χ3n) is 2.30. The molecule has 0 bridgehead atoms. The van der Waals surface area contributed by atoms with Crippen molar-refractivity contribution < 1.29 is 22.3 Å². The molecule has 0 aromatic heterocycles. The van der Waals surface area contributed by atoms with Crippen LogP contribution in [0, 0.1) is 5.82 Å². The Morgan fingerprint density at radius 2 is 2.05 bits per heavy atom. The van der Waals surface area contributed by atoms with Gasteiger partial charge in [0.25, 0.3) is 0 Å². The van der Waals surface area contributed by atoms with E-state index in [0.717, 1.165) is 6.07 Å². The molecule has 0 radical (unpaired) electrons. The Morgan fingerprint density at radius 1 is 1.37 bits per heavy atom. The van der Waals surface area contributed by atoms with Crippen molar-refractivity contribution in [3.63, 3.8) is 0 Å². The van der Waals surface area contributed by atoms with Crippen LogP contribution in [0.15, 0.2) is 18.2 Å². The van der Waals surface area contributed by atoms with Gasteiger partial charge in [0.2, 0.25) is 0 Å². The zero-order valence-electron chi connectivity index (χ0n) is 9.81. The summed E-state index contributed by atoms with van der Waals surface area (Å²) in [5.41, 5.74) is 2.90. The number of alkyl halides is 3. The smallest absolute Gasteiger partial charge is 0.370 e. The van der Waals surface area contributed by atoms with Gasteiger partial charge >= 0.3 is 6.18 Å². The van der Waals surface area contributed by atoms with Crippen molar-refractivity contribution in [1.82, 2.24) is 5.43 Å². The van der Waals surface area contributed by atoms with Gasteiger partial charge in [-0.05, 0) is 24.1 Å². The van der Waals surface area contributed by atoms with E-state index in [0.29, 0.717) is 5.56 Å². The SMILES string of the molecule is NNC(COCC(F)(F)F)Cc1ccc(F)cc1Cl. The first-order valence-corrected chi connectivity index (χ1v) is 5.74. The number of rotatable bonds is 6. The van der Waals surface area contributed by atoms with E-state index >= 15 is 0 Å². The van der Waals surface area contributed by atoms with E-state index in [9.17, 15) is 17.6 Å². The Kier molecular flexibility index (Phi) is 5.99. The van der Waals surface area contributed by atoms with Crippen molar-refractivity contribution in [1.29, 1.82) is 0 Å². The predicted octanol–water partition coefficient (Wildman–Crippen LogP) is 2.43. The first kappa shape index (κ1) is 16.2. The first-order chi connectivity index (χ1) is 8.81. The Balaban J connectivity index is 2.52. The van der Waals surface area contributed by atoms with Gasteiger partial charge in [0, 0.05) is 11.1 Å². The lowest BCUT2D eigenvalue weighted by molar-refractivity contribution is -0.175. The van der Waals surface area contributed by atoms with E-state index in [-0.39, 0.29) is 18.1 Å². The minimum atomic E-state index is -4.38. The molecule has 1 aromatic carbocycles. The molecular formula is C11H13ClF4N2O. The molecular weight excluding hydrogens is 288 g/mol. The van der Waals surface area contributed by atoms with E-state index in [1.807, 2.05) is 0 Å². The monoisotopic (exact) mass is 300 g/mol. The van der Waals surface area contributed by atoms with Crippen molar-refractivity contribution in [2.24, 2.45) is 5.84 Å². The highest BCUT2D eigenvalue weighted by Gasteiger charge is 2.27. The van der Waals surface area contributed by atoms with Crippen LogP contribution in [0.4, 0.5) is 17.6 Å². The summed E-state index contributed by atoms with van der Waals surface area (Å²) in [6.07, 6.45) is -4.15. The zero-order chi connectivity index (χ0) is 14.5. The molecule has 8 heteroatoms. The van der Waals surface area contributed by atoms with Gasteiger partial charge in [-0.2, -0.15) is 13.2 Å². The molecule has 0 fully saturated rings. The molecule has 3 N–H and O–H groups in total. The van der Waals surface area contributed by atoms with Crippen molar-refractivity contribution in [3.8, 4) is 0 Å². The standard InChI is InChI=1S/C11H13ClF4N2O/c12-10-4-8(13)2-1-7(10)3-9(18-17)5-19-6-11(14,15)16/h1-2,4,9,18H,3,5-6,17H2. The van der Waals surface area contributed by atoms with Crippen LogP contribution in [0.5, 0.6) is 0 Å². The van der Waals surface area contributed by atoms with Gasteiger partial charge in [0.1, 0.15) is 12.4 Å². The molecule has 19 heavy (non-hydrogen) atoms. The fraction of sp³-hybridized carbons (Fsp3) is 0.455. The average Bonchev–Trinajstić information content (AvgIpc) is 2.29. The largest absolute Gasteiger partial charge is 0.411 e. The summed E-state index contributed by atoms with van der Waals surface area (Å²) in [5, 5.41) is 0.191. The number of ether oxygens (including phenoxy) is 1. The molecule has 0 heterocycles. The van der Waals surface area contributed by atoms with Crippen LogP contribution in [0.25, 0.3) is 0 Å². The number of halogens is 5. The highest BCUT2D eigenvalue weighted by Crippen LogP contribution is 2.19. The first-order valence-electron chi connectivity index (χ1n) is 5.36. The summed E-state index contributed by atoms with van der Waals surface area (Å²) < 4.78 is 53.0. The summed E-state index contributed by atoms with van der Waals surface area (Å²) in [4.78, 5) is 0. The van der Waals surface area contributed by atoms with Crippen LogP contribution in [0.2, 0.25) is 5.02 Å². The number of nitrogens with one attached hydrogen (secondary N) is 1. The van der Waals surface area contributed by atoms with Gasteiger partial charge in [-0.25, -0.2) is 4.39 Å². The van der Waals surface area contributed by atoms with Crippen molar-refractivity contribution in [2.45, 2.75) is 18.6 Å². The lowest BCUT2D eigenvalue weighted by Gasteiger charge is -2.17. The highest BCUT2D eigenvalue weighted by atomic mass is 35.5. The minimum Gasteiger partial charge on any atom is -0.370 e. The molecule has 0 saturated carbocycles. The summed E-state index contributed by atoms with van der Waals surface area (Å²) >= 11 is 5.81. The van der Waals surface area contributed by atoms with Gasteiger partial charge in [-0.3, -0.25) is 11.3 Å². The molecule has 1 atom stereocenters. The maximum Gasteiger partial charge on any atom is 0.411 e. The van der Waals surface area contributed by atoms with Gasteiger partial charge in [0.05, 0.1) is 6.61 Å². The number of hydrogen-bond acceptors (Lipinski definition) is 3. The second kappa shape index (κ2) is 7.04. The topological polar surface area (TPSA) is 47.3 Å². The van der Waals surface area contributed by atoms with E-state index in [1.165, 1.54) is 12.1 Å². The van der Waals surface area contributed by atoms with Crippen LogP contribution >= 0.6 is 11.6 Å². The van der Waals surface area contributed by atoms with Gasteiger partial charge in [-0.1, -0.05) is 17.7 Å². The molecule has 108 valence electrons. The summed E-state index contributed by atoms with van der Waals surface area (Å²) in [6.45, 7) is -1.58. The van der Waals surface area contributed by atoms with Crippen LogP contribution in [0.1, 0.15) is 5.56 Å². The minimum absolute atomic E-state index is 0.191. The van der Waals surface area contributed by atoms with Gasteiger partial charge < -0.3 is 4.74 Å². The molecule has 0 aliphatic carbocycles. The van der Waals surface area contributed by atoms with E-state index in [4.69, 9.17) is 17.4 Å². The lowest BCUT2D eigenvalue weighted by atomic mass is 10.1. The van der Waals surface area contributed by atoms with Gasteiger partial charge in [0.15, 0.2) is 0 Å². The normalized spacial score (nSPS) is 13.6. The van der Waals surface area contributed by atoms with Crippen LogP contribution in [-0.4, -0.2) is 25.4 Å². The number of hydrogen-bond donors (Lipinski definition) is 2. The molecule has 0 saturated heterocycles. The Labute approximate surface area is 112 Å². The molecule has 0 spiro atoms. The molecule has 1 unspecified atom stereocenters. The van der Waals surface area contributed by atoms with Crippen molar-refractivity contribution in [3.05, 3.63) is 34.6 Å². The van der Waals surface area contributed by atoms with Gasteiger partial charge in [-0.15, -0.1) is 0 Å². The maximum absolute atomic E-state index is 12.8. The molecule has 0 aliphatic heterocycles. The third kappa shape index (κ3) is 6.20. The summed E-state index contributed by atoms with van der Waals surface area (Å²) in [5.74, 6) is 4.74. The molecule has 3 nitrogen and oxygen atoms in total. The van der Waals surface area contributed by atoms with Crippen LogP contribution in [-0.2, 0) is 11.2 Å². The second-order valence-electron chi connectivity index (χ2n) is 3.93. The van der Waals surface area contributed by atoms with E-state index in [2.05, 4.69) is 10.2 Å². The lowest BCUT2D eigenvalue weighted by Crippen LogP contribution is -2.41. The van der Waals surface area contributed by atoms with E-state index in [1.54, 1.807) is 0 Å². The Morgan fingerprint density at radius 3 is 2.58 bits per heavy atom.